The molecule has 0 aliphatic heterocycles. The third kappa shape index (κ3) is 4.58. The fourth-order valence-corrected chi connectivity index (χ4v) is 2.51. The summed E-state index contributed by atoms with van der Waals surface area (Å²) < 4.78 is 7.65. The molecule has 0 fully saturated rings. The van der Waals surface area contributed by atoms with Gasteiger partial charge in [-0.2, -0.15) is 5.10 Å². The zero-order chi connectivity index (χ0) is 14.3. The second kappa shape index (κ2) is 8.27. The predicted octanol–water partition coefficient (Wildman–Crippen LogP) is 1.88. The second-order valence-corrected chi connectivity index (χ2v) is 5.21. The topological polar surface area (TPSA) is 52.0 Å². The minimum Gasteiger partial charge on any atom is -0.380 e. The summed E-state index contributed by atoms with van der Waals surface area (Å²) in [5.41, 5.74) is 0. The van der Waals surface area contributed by atoms with Gasteiger partial charge < -0.3 is 10.1 Å². The van der Waals surface area contributed by atoms with E-state index >= 15 is 0 Å². The van der Waals surface area contributed by atoms with Gasteiger partial charge in [-0.1, -0.05) is 27.7 Å². The molecular weight excluding hydrogens is 240 g/mol. The summed E-state index contributed by atoms with van der Waals surface area (Å²) in [4.78, 5) is 4.39. The van der Waals surface area contributed by atoms with Gasteiger partial charge >= 0.3 is 0 Å². The van der Waals surface area contributed by atoms with Crippen molar-refractivity contribution >= 4 is 0 Å². The lowest BCUT2D eigenvalue weighted by Crippen LogP contribution is -2.45. The number of hydrogen-bond donors (Lipinski definition) is 1. The van der Waals surface area contributed by atoms with Crippen LogP contribution in [0.15, 0.2) is 6.33 Å². The van der Waals surface area contributed by atoms with Gasteiger partial charge in [0.2, 0.25) is 0 Å². The van der Waals surface area contributed by atoms with Crippen LogP contribution in [0.25, 0.3) is 0 Å². The molecule has 5 nitrogen and oxygen atoms in total. The first-order valence-corrected chi connectivity index (χ1v) is 7.26. The van der Waals surface area contributed by atoms with Gasteiger partial charge in [-0.25, -0.2) is 4.98 Å². The van der Waals surface area contributed by atoms with Gasteiger partial charge in [-0.3, -0.25) is 4.68 Å². The molecule has 2 atom stereocenters. The normalized spacial score (nSPS) is 14.8. The minimum atomic E-state index is 0.187. The Kier molecular flexibility index (Phi) is 7.02. The highest BCUT2D eigenvalue weighted by Crippen LogP contribution is 2.14. The van der Waals surface area contributed by atoms with Crippen LogP contribution in [-0.4, -0.2) is 40.6 Å². The summed E-state index contributed by atoms with van der Waals surface area (Å²) in [6.45, 7) is 10.5. The molecule has 1 rings (SSSR count). The number of ether oxygens (including phenoxy) is 1. The molecule has 0 aromatic carbocycles. The van der Waals surface area contributed by atoms with E-state index in [1.54, 1.807) is 13.4 Å². The lowest BCUT2D eigenvalue weighted by molar-refractivity contribution is 0.0328. The lowest BCUT2D eigenvalue weighted by Gasteiger charge is -2.29. The Bertz CT molecular complexity index is 351. The number of rotatable bonds is 9. The quantitative estimate of drug-likeness (QED) is 0.743. The van der Waals surface area contributed by atoms with Crippen molar-refractivity contribution in [3.8, 4) is 0 Å². The van der Waals surface area contributed by atoms with Crippen LogP contribution in [-0.2, 0) is 17.7 Å². The van der Waals surface area contributed by atoms with E-state index in [0.29, 0.717) is 5.92 Å². The maximum absolute atomic E-state index is 5.66. The molecule has 0 saturated heterocycles. The van der Waals surface area contributed by atoms with Crippen LogP contribution in [0.1, 0.15) is 39.9 Å². The SMILES string of the molecule is CCCn1ncnc1CC(NCC)C(OC)C(C)C. The van der Waals surface area contributed by atoms with Crippen LogP contribution in [0.5, 0.6) is 0 Å². The van der Waals surface area contributed by atoms with Gasteiger partial charge in [0.15, 0.2) is 0 Å². The van der Waals surface area contributed by atoms with E-state index < -0.39 is 0 Å². The molecule has 0 spiro atoms. The summed E-state index contributed by atoms with van der Waals surface area (Å²) in [7, 11) is 1.78. The molecule has 0 bridgehead atoms. The number of aromatic nitrogens is 3. The molecule has 0 aliphatic carbocycles. The average Bonchev–Trinajstić information content (AvgIpc) is 2.78. The Balaban J connectivity index is 2.79. The van der Waals surface area contributed by atoms with Crippen molar-refractivity contribution in [1.29, 1.82) is 0 Å². The molecule has 5 heteroatoms. The summed E-state index contributed by atoms with van der Waals surface area (Å²) in [6.07, 6.45) is 3.75. The third-order valence-corrected chi connectivity index (χ3v) is 3.33. The number of aryl methyl sites for hydroxylation is 1. The number of methoxy groups -OCH3 is 1. The van der Waals surface area contributed by atoms with Crippen molar-refractivity contribution in [2.24, 2.45) is 5.92 Å². The molecule has 0 radical (unpaired) electrons. The fourth-order valence-electron chi connectivity index (χ4n) is 2.51. The largest absolute Gasteiger partial charge is 0.380 e. The summed E-state index contributed by atoms with van der Waals surface area (Å²) in [6, 6.07) is 0.273. The van der Waals surface area contributed by atoms with Gasteiger partial charge in [0.25, 0.3) is 0 Å². The highest BCUT2D eigenvalue weighted by Gasteiger charge is 2.25. The Morgan fingerprint density at radius 2 is 2.11 bits per heavy atom. The first kappa shape index (κ1) is 16.1. The van der Waals surface area contributed by atoms with Gasteiger partial charge in [-0.15, -0.1) is 0 Å². The van der Waals surface area contributed by atoms with Crippen molar-refractivity contribution in [3.63, 3.8) is 0 Å². The number of likely N-dealkylation sites (N-methyl/N-ethyl adjacent to an activating group) is 1. The highest BCUT2D eigenvalue weighted by molar-refractivity contribution is 4.93. The number of nitrogens with zero attached hydrogens (tertiary/aromatic N) is 3. The Morgan fingerprint density at radius 1 is 1.37 bits per heavy atom. The maximum atomic E-state index is 5.66. The van der Waals surface area contributed by atoms with E-state index in [1.165, 1.54) is 0 Å². The first-order valence-electron chi connectivity index (χ1n) is 7.26. The van der Waals surface area contributed by atoms with Crippen LogP contribution in [0, 0.1) is 5.92 Å². The lowest BCUT2D eigenvalue weighted by atomic mass is 9.96. The monoisotopic (exact) mass is 268 g/mol. The van der Waals surface area contributed by atoms with Crippen LogP contribution >= 0.6 is 0 Å². The molecule has 2 unspecified atom stereocenters. The molecule has 110 valence electrons. The molecule has 1 heterocycles. The summed E-state index contributed by atoms with van der Waals surface area (Å²) in [5, 5.41) is 7.80. The zero-order valence-corrected chi connectivity index (χ0v) is 12.9. The molecule has 1 aromatic heterocycles. The molecule has 1 N–H and O–H groups in total. The van der Waals surface area contributed by atoms with Crippen LogP contribution < -0.4 is 5.32 Å². The van der Waals surface area contributed by atoms with Crippen LogP contribution in [0.4, 0.5) is 0 Å². The predicted molar refractivity (Wildman–Crippen MR) is 77.1 cm³/mol. The van der Waals surface area contributed by atoms with E-state index in [1.807, 2.05) is 4.68 Å². The van der Waals surface area contributed by atoms with E-state index in [9.17, 15) is 0 Å². The number of nitrogens with one attached hydrogen (secondary N) is 1. The molecule has 0 amide bonds. The van der Waals surface area contributed by atoms with Crippen LogP contribution in [0.3, 0.4) is 0 Å². The minimum absolute atomic E-state index is 0.187. The Hall–Kier alpha value is -0.940. The van der Waals surface area contributed by atoms with Crippen molar-refractivity contribution in [3.05, 3.63) is 12.2 Å². The summed E-state index contributed by atoms with van der Waals surface area (Å²) >= 11 is 0. The van der Waals surface area contributed by atoms with E-state index in [4.69, 9.17) is 4.74 Å². The highest BCUT2D eigenvalue weighted by atomic mass is 16.5. The van der Waals surface area contributed by atoms with Crippen LogP contribution in [0.2, 0.25) is 0 Å². The van der Waals surface area contributed by atoms with Crippen molar-refractivity contribution in [1.82, 2.24) is 20.1 Å². The van der Waals surface area contributed by atoms with Crippen molar-refractivity contribution < 1.29 is 4.74 Å². The van der Waals surface area contributed by atoms with E-state index in [2.05, 4.69) is 43.1 Å². The second-order valence-electron chi connectivity index (χ2n) is 5.21. The fraction of sp³-hybridized carbons (Fsp3) is 0.857. The van der Waals surface area contributed by atoms with Crippen molar-refractivity contribution in [2.75, 3.05) is 13.7 Å². The smallest absolute Gasteiger partial charge is 0.138 e. The Morgan fingerprint density at radius 3 is 2.63 bits per heavy atom. The number of hydrogen-bond acceptors (Lipinski definition) is 4. The third-order valence-electron chi connectivity index (χ3n) is 3.33. The molecular formula is C14H28N4O. The van der Waals surface area contributed by atoms with E-state index in [0.717, 1.165) is 31.8 Å². The van der Waals surface area contributed by atoms with Gasteiger partial charge in [0.1, 0.15) is 12.2 Å². The molecule has 0 aliphatic rings. The first-order chi connectivity index (χ1) is 9.13. The van der Waals surface area contributed by atoms with Gasteiger partial charge in [-0.05, 0) is 18.9 Å². The molecule has 0 saturated carbocycles. The maximum Gasteiger partial charge on any atom is 0.138 e. The zero-order valence-electron chi connectivity index (χ0n) is 12.9. The van der Waals surface area contributed by atoms with Gasteiger partial charge in [0.05, 0.1) is 6.10 Å². The molecule has 1 aromatic rings. The van der Waals surface area contributed by atoms with E-state index in [-0.39, 0.29) is 12.1 Å². The summed E-state index contributed by atoms with van der Waals surface area (Å²) in [5.74, 6) is 1.51. The van der Waals surface area contributed by atoms with Crippen molar-refractivity contribution in [2.45, 2.75) is 59.2 Å². The molecule has 19 heavy (non-hydrogen) atoms. The standard InChI is InChI=1S/C14H28N4O/c1-6-8-18-13(16-10-17-18)9-12(15-7-2)14(19-5)11(3)4/h10-12,14-15H,6-9H2,1-5H3. The Labute approximate surface area is 116 Å². The van der Waals surface area contributed by atoms with Gasteiger partial charge in [0, 0.05) is 26.1 Å². The average molecular weight is 268 g/mol.